The van der Waals surface area contributed by atoms with Gasteiger partial charge in [-0.15, -0.1) is 0 Å². The van der Waals surface area contributed by atoms with Gasteiger partial charge >= 0.3 is 0 Å². The molecule has 0 amide bonds. The van der Waals surface area contributed by atoms with Gasteiger partial charge in [-0.3, -0.25) is 14.8 Å². The van der Waals surface area contributed by atoms with Crippen molar-refractivity contribution in [3.8, 4) is 0 Å². The van der Waals surface area contributed by atoms with Crippen molar-refractivity contribution in [2.24, 2.45) is 0 Å². The largest absolute Gasteiger partial charge is 0.294 e. The maximum Gasteiger partial charge on any atom is 0.167 e. The van der Waals surface area contributed by atoms with Crippen LogP contribution in [0.4, 0.5) is 0 Å². The normalized spacial score (nSPS) is 10.7. The van der Waals surface area contributed by atoms with Crippen LogP contribution in [0.1, 0.15) is 21.5 Å². The molecule has 0 radical (unpaired) electrons. The molecule has 0 bridgehead atoms. The molecule has 0 spiro atoms. The quantitative estimate of drug-likeness (QED) is 0.680. The van der Waals surface area contributed by atoms with Gasteiger partial charge in [0.2, 0.25) is 0 Å². The molecule has 0 saturated carbocycles. The Morgan fingerprint density at radius 3 is 2.60 bits per heavy atom. The third-order valence-electron chi connectivity index (χ3n) is 3.24. The fraction of sp³-hybridized carbons (Fsp3) is 0.118. The van der Waals surface area contributed by atoms with Gasteiger partial charge in [-0.25, -0.2) is 0 Å². The summed E-state index contributed by atoms with van der Waals surface area (Å²) in [6.07, 6.45) is 3.70. The Labute approximate surface area is 117 Å². The number of Topliss-reactive ketones (excluding diaryl/α,β-unsaturated/α-hetero) is 1. The molecule has 0 aliphatic carbocycles. The van der Waals surface area contributed by atoms with Crippen molar-refractivity contribution in [2.45, 2.75) is 13.3 Å². The molecule has 0 atom stereocenters. The average Bonchev–Trinajstić information content (AvgIpc) is 2.47. The second-order valence-electron chi connectivity index (χ2n) is 4.85. The number of benzene rings is 2. The van der Waals surface area contributed by atoms with E-state index in [-0.39, 0.29) is 5.78 Å². The highest BCUT2D eigenvalue weighted by Gasteiger charge is 2.08. The SMILES string of the molecule is Cc1cccc(CC(=O)c2ccc3nccnc3c2)c1. The zero-order valence-electron chi connectivity index (χ0n) is 11.2. The Balaban J connectivity index is 1.88. The number of ketones is 1. The molecule has 0 aliphatic heterocycles. The van der Waals surface area contributed by atoms with Crippen molar-refractivity contribution in [1.82, 2.24) is 9.97 Å². The van der Waals surface area contributed by atoms with Crippen molar-refractivity contribution < 1.29 is 4.79 Å². The molecule has 1 heterocycles. The lowest BCUT2D eigenvalue weighted by Gasteiger charge is -2.04. The minimum atomic E-state index is 0.100. The molecule has 0 unspecified atom stereocenters. The van der Waals surface area contributed by atoms with E-state index in [4.69, 9.17) is 0 Å². The van der Waals surface area contributed by atoms with E-state index in [2.05, 4.69) is 9.97 Å². The molecule has 2 aromatic carbocycles. The molecule has 3 aromatic rings. The van der Waals surface area contributed by atoms with Gasteiger partial charge in [0, 0.05) is 24.4 Å². The molecule has 3 rings (SSSR count). The van der Waals surface area contributed by atoms with E-state index in [1.165, 1.54) is 5.56 Å². The van der Waals surface area contributed by atoms with Gasteiger partial charge in [0.15, 0.2) is 5.78 Å². The monoisotopic (exact) mass is 262 g/mol. The van der Waals surface area contributed by atoms with Crippen molar-refractivity contribution in [3.63, 3.8) is 0 Å². The maximum absolute atomic E-state index is 12.3. The highest BCUT2D eigenvalue weighted by atomic mass is 16.1. The number of carbonyl (C=O) groups is 1. The zero-order chi connectivity index (χ0) is 13.9. The summed E-state index contributed by atoms with van der Waals surface area (Å²) in [6, 6.07) is 13.5. The summed E-state index contributed by atoms with van der Waals surface area (Å²) in [5.41, 5.74) is 4.44. The highest BCUT2D eigenvalue weighted by Crippen LogP contribution is 2.14. The molecule has 3 nitrogen and oxygen atoms in total. The lowest BCUT2D eigenvalue weighted by atomic mass is 10.0. The topological polar surface area (TPSA) is 42.9 Å². The highest BCUT2D eigenvalue weighted by molar-refractivity contribution is 5.99. The Kier molecular flexibility index (Phi) is 3.25. The van der Waals surface area contributed by atoms with E-state index in [1.807, 2.05) is 43.3 Å². The first kappa shape index (κ1) is 12.5. The summed E-state index contributed by atoms with van der Waals surface area (Å²) in [5.74, 6) is 0.100. The van der Waals surface area contributed by atoms with Gasteiger partial charge in [-0.05, 0) is 30.7 Å². The molecule has 98 valence electrons. The van der Waals surface area contributed by atoms with Gasteiger partial charge in [-0.1, -0.05) is 29.8 Å². The molecular weight excluding hydrogens is 248 g/mol. The van der Waals surface area contributed by atoms with E-state index in [0.29, 0.717) is 12.0 Å². The first-order chi connectivity index (χ1) is 9.72. The molecule has 0 saturated heterocycles. The van der Waals surface area contributed by atoms with Crippen LogP contribution in [0, 0.1) is 6.92 Å². The summed E-state index contributed by atoms with van der Waals surface area (Å²) < 4.78 is 0. The number of aromatic nitrogens is 2. The fourth-order valence-corrected chi connectivity index (χ4v) is 2.25. The second-order valence-corrected chi connectivity index (χ2v) is 4.85. The minimum Gasteiger partial charge on any atom is -0.294 e. The summed E-state index contributed by atoms with van der Waals surface area (Å²) in [7, 11) is 0. The van der Waals surface area contributed by atoms with Crippen molar-refractivity contribution in [2.75, 3.05) is 0 Å². The number of hydrogen-bond donors (Lipinski definition) is 0. The van der Waals surface area contributed by atoms with Gasteiger partial charge in [-0.2, -0.15) is 0 Å². The molecule has 1 aromatic heterocycles. The third kappa shape index (κ3) is 2.57. The first-order valence-corrected chi connectivity index (χ1v) is 6.52. The second kappa shape index (κ2) is 5.21. The molecule has 0 fully saturated rings. The van der Waals surface area contributed by atoms with Crippen LogP contribution in [-0.4, -0.2) is 15.8 Å². The van der Waals surface area contributed by atoms with Crippen LogP contribution < -0.4 is 0 Å². The van der Waals surface area contributed by atoms with Crippen LogP contribution in [0.5, 0.6) is 0 Å². The summed E-state index contributed by atoms with van der Waals surface area (Å²) in [4.78, 5) is 20.8. The van der Waals surface area contributed by atoms with Crippen molar-refractivity contribution in [1.29, 1.82) is 0 Å². The third-order valence-corrected chi connectivity index (χ3v) is 3.24. The standard InChI is InChI=1S/C17H14N2O/c1-12-3-2-4-13(9-12)10-17(20)14-5-6-15-16(11-14)19-8-7-18-15/h2-9,11H,10H2,1H3. The molecule has 0 aliphatic rings. The molecule has 3 heteroatoms. The van der Waals surface area contributed by atoms with Crippen molar-refractivity contribution in [3.05, 3.63) is 71.5 Å². The van der Waals surface area contributed by atoms with E-state index in [1.54, 1.807) is 18.5 Å². The van der Waals surface area contributed by atoms with Crippen LogP contribution in [-0.2, 0) is 6.42 Å². The summed E-state index contributed by atoms with van der Waals surface area (Å²) >= 11 is 0. The zero-order valence-corrected chi connectivity index (χ0v) is 11.2. The summed E-state index contributed by atoms with van der Waals surface area (Å²) in [6.45, 7) is 2.03. The van der Waals surface area contributed by atoms with Crippen LogP contribution in [0.2, 0.25) is 0 Å². The van der Waals surface area contributed by atoms with Crippen LogP contribution in [0.3, 0.4) is 0 Å². The fourth-order valence-electron chi connectivity index (χ4n) is 2.25. The maximum atomic E-state index is 12.3. The smallest absolute Gasteiger partial charge is 0.167 e. The van der Waals surface area contributed by atoms with Crippen LogP contribution in [0.15, 0.2) is 54.9 Å². The first-order valence-electron chi connectivity index (χ1n) is 6.52. The Morgan fingerprint density at radius 1 is 1.00 bits per heavy atom. The number of carbonyl (C=O) groups excluding carboxylic acids is 1. The Morgan fingerprint density at radius 2 is 1.80 bits per heavy atom. The predicted octanol–water partition coefficient (Wildman–Crippen LogP) is 3.36. The Bertz CT molecular complexity index is 781. The molecular formula is C17H14N2O. The Hall–Kier alpha value is -2.55. The van der Waals surface area contributed by atoms with Gasteiger partial charge in [0.25, 0.3) is 0 Å². The number of hydrogen-bond acceptors (Lipinski definition) is 3. The van der Waals surface area contributed by atoms with Gasteiger partial charge in [0.05, 0.1) is 11.0 Å². The number of nitrogens with zero attached hydrogens (tertiary/aromatic N) is 2. The van der Waals surface area contributed by atoms with Crippen molar-refractivity contribution >= 4 is 16.8 Å². The van der Waals surface area contributed by atoms with E-state index in [9.17, 15) is 4.79 Å². The summed E-state index contributed by atoms with van der Waals surface area (Å²) in [5, 5.41) is 0. The lowest BCUT2D eigenvalue weighted by Crippen LogP contribution is -2.04. The van der Waals surface area contributed by atoms with Crippen LogP contribution in [0.25, 0.3) is 11.0 Å². The predicted molar refractivity (Wildman–Crippen MR) is 78.8 cm³/mol. The minimum absolute atomic E-state index is 0.100. The van der Waals surface area contributed by atoms with Gasteiger partial charge in [0.1, 0.15) is 0 Å². The molecule has 0 N–H and O–H groups in total. The van der Waals surface area contributed by atoms with E-state index in [0.717, 1.165) is 16.6 Å². The lowest BCUT2D eigenvalue weighted by molar-refractivity contribution is 0.0993. The van der Waals surface area contributed by atoms with Gasteiger partial charge < -0.3 is 0 Å². The van der Waals surface area contributed by atoms with Crippen LogP contribution >= 0.6 is 0 Å². The number of fused-ring (bicyclic) bond motifs is 1. The number of rotatable bonds is 3. The van der Waals surface area contributed by atoms with E-state index < -0.39 is 0 Å². The average molecular weight is 262 g/mol. The van der Waals surface area contributed by atoms with E-state index >= 15 is 0 Å². The molecule has 20 heavy (non-hydrogen) atoms. The number of aryl methyl sites for hydroxylation is 1.